The largest absolute Gasteiger partial charge is 0.401 e. The van der Waals surface area contributed by atoms with Crippen molar-refractivity contribution >= 4 is 5.96 Å². The van der Waals surface area contributed by atoms with Gasteiger partial charge in [0, 0.05) is 19.6 Å². The highest BCUT2D eigenvalue weighted by atomic mass is 19.4. The molecule has 0 amide bonds. The zero-order chi connectivity index (χ0) is 20.4. The third-order valence-corrected chi connectivity index (χ3v) is 4.88. The Hall–Kier alpha value is -1.83. The Balaban J connectivity index is 1.68. The van der Waals surface area contributed by atoms with E-state index in [9.17, 15) is 17.6 Å². The minimum absolute atomic E-state index is 0.240. The molecule has 1 aromatic rings. The van der Waals surface area contributed by atoms with Gasteiger partial charge in [-0.3, -0.25) is 9.89 Å². The maximum absolute atomic E-state index is 12.9. The number of benzene rings is 1. The molecule has 1 aliphatic heterocycles. The second-order valence-corrected chi connectivity index (χ2v) is 7.19. The number of hydrogen-bond acceptors (Lipinski definition) is 2. The predicted molar refractivity (Wildman–Crippen MR) is 104 cm³/mol. The van der Waals surface area contributed by atoms with Crippen LogP contribution in [0.15, 0.2) is 29.3 Å². The first-order valence-corrected chi connectivity index (χ1v) is 9.91. The summed E-state index contributed by atoms with van der Waals surface area (Å²) in [7, 11) is 0. The van der Waals surface area contributed by atoms with Crippen LogP contribution in [0.5, 0.6) is 0 Å². The molecule has 8 heteroatoms. The van der Waals surface area contributed by atoms with Crippen molar-refractivity contribution in [1.82, 2.24) is 15.5 Å². The van der Waals surface area contributed by atoms with E-state index in [1.165, 1.54) is 17.0 Å². The lowest BCUT2D eigenvalue weighted by Gasteiger charge is -2.32. The van der Waals surface area contributed by atoms with Crippen LogP contribution in [0.1, 0.15) is 31.7 Å². The Labute approximate surface area is 164 Å². The molecule has 1 fully saturated rings. The van der Waals surface area contributed by atoms with Crippen LogP contribution < -0.4 is 10.6 Å². The molecule has 0 aliphatic carbocycles. The number of alkyl halides is 3. The highest BCUT2D eigenvalue weighted by Gasteiger charge is 2.32. The van der Waals surface area contributed by atoms with Gasteiger partial charge in [0.15, 0.2) is 5.96 Å². The highest BCUT2D eigenvalue weighted by molar-refractivity contribution is 5.79. The SMILES string of the molecule is CCNC(=NCCC1CCN(CC(F)(F)F)CC1)NCCc1ccc(F)cc1. The summed E-state index contributed by atoms with van der Waals surface area (Å²) in [6.07, 6.45) is -0.880. The van der Waals surface area contributed by atoms with Crippen molar-refractivity contribution in [3.8, 4) is 0 Å². The van der Waals surface area contributed by atoms with Gasteiger partial charge in [-0.2, -0.15) is 13.2 Å². The molecule has 2 rings (SSSR count). The number of nitrogens with zero attached hydrogens (tertiary/aromatic N) is 2. The van der Waals surface area contributed by atoms with Gasteiger partial charge in [0.05, 0.1) is 6.54 Å². The first-order valence-electron chi connectivity index (χ1n) is 9.91. The topological polar surface area (TPSA) is 39.7 Å². The van der Waals surface area contributed by atoms with Crippen LogP contribution >= 0.6 is 0 Å². The molecule has 0 aromatic heterocycles. The van der Waals surface area contributed by atoms with Gasteiger partial charge in [-0.05, 0) is 69.3 Å². The lowest BCUT2D eigenvalue weighted by molar-refractivity contribution is -0.148. The fraction of sp³-hybridized carbons (Fsp3) is 0.650. The van der Waals surface area contributed by atoms with Crippen LogP contribution in [0.2, 0.25) is 0 Å². The van der Waals surface area contributed by atoms with Gasteiger partial charge < -0.3 is 10.6 Å². The summed E-state index contributed by atoms with van der Waals surface area (Å²) < 4.78 is 50.2. The molecule has 0 spiro atoms. The standard InChI is InChI=1S/C20H30F4N4/c1-2-25-19(26-11-7-16-3-5-18(21)6-4-16)27-12-8-17-9-13-28(14-10-17)15-20(22,23)24/h3-6,17H,2,7-15H2,1H3,(H2,25,26,27). The molecule has 0 atom stereocenters. The summed E-state index contributed by atoms with van der Waals surface area (Å²) in [6, 6.07) is 6.45. The molecule has 0 bridgehead atoms. The number of rotatable bonds is 8. The number of piperidine rings is 1. The summed E-state index contributed by atoms with van der Waals surface area (Å²) in [5.41, 5.74) is 1.05. The molecule has 1 heterocycles. The van der Waals surface area contributed by atoms with Crippen LogP contribution in [0.4, 0.5) is 17.6 Å². The minimum Gasteiger partial charge on any atom is -0.357 e. The highest BCUT2D eigenvalue weighted by Crippen LogP contribution is 2.24. The first-order chi connectivity index (χ1) is 13.4. The minimum atomic E-state index is -4.11. The molecule has 158 valence electrons. The van der Waals surface area contributed by atoms with Crippen molar-refractivity contribution in [3.63, 3.8) is 0 Å². The molecule has 2 N–H and O–H groups in total. The number of likely N-dealkylation sites (tertiary alicyclic amines) is 1. The molecular weight excluding hydrogens is 372 g/mol. The molecule has 0 unspecified atom stereocenters. The molecule has 1 aliphatic rings. The van der Waals surface area contributed by atoms with Crippen molar-refractivity contribution in [2.75, 3.05) is 39.3 Å². The van der Waals surface area contributed by atoms with Crippen LogP contribution in [0.3, 0.4) is 0 Å². The fourth-order valence-electron chi connectivity index (χ4n) is 3.36. The summed E-state index contributed by atoms with van der Waals surface area (Å²) in [6.45, 7) is 4.28. The van der Waals surface area contributed by atoms with E-state index in [-0.39, 0.29) is 5.82 Å². The van der Waals surface area contributed by atoms with Gasteiger partial charge in [-0.15, -0.1) is 0 Å². The van der Waals surface area contributed by atoms with Crippen LogP contribution in [-0.4, -0.2) is 56.3 Å². The van der Waals surface area contributed by atoms with E-state index in [4.69, 9.17) is 0 Å². The summed E-state index contributed by atoms with van der Waals surface area (Å²) >= 11 is 0. The molecule has 4 nitrogen and oxygen atoms in total. The number of hydrogen-bond donors (Lipinski definition) is 2. The van der Waals surface area contributed by atoms with Crippen LogP contribution in [0, 0.1) is 11.7 Å². The average molecular weight is 402 g/mol. The number of halogens is 4. The zero-order valence-corrected chi connectivity index (χ0v) is 16.4. The molecule has 28 heavy (non-hydrogen) atoms. The molecule has 0 saturated carbocycles. The van der Waals surface area contributed by atoms with Crippen LogP contribution in [0.25, 0.3) is 0 Å². The molecular formula is C20H30F4N4. The normalized spacial score (nSPS) is 17.0. The number of aliphatic imine (C=N–C) groups is 1. The number of guanidine groups is 1. The van der Waals surface area contributed by atoms with Gasteiger partial charge in [0.25, 0.3) is 0 Å². The fourth-order valence-corrected chi connectivity index (χ4v) is 3.36. The van der Waals surface area contributed by atoms with Crippen molar-refractivity contribution in [1.29, 1.82) is 0 Å². The van der Waals surface area contributed by atoms with E-state index < -0.39 is 12.7 Å². The maximum atomic E-state index is 12.9. The lowest BCUT2D eigenvalue weighted by Crippen LogP contribution is -2.40. The van der Waals surface area contributed by atoms with E-state index in [0.29, 0.717) is 32.1 Å². The van der Waals surface area contributed by atoms with Gasteiger partial charge >= 0.3 is 6.18 Å². The van der Waals surface area contributed by atoms with Crippen molar-refractivity contribution in [2.45, 2.75) is 38.8 Å². The Morgan fingerprint density at radius 2 is 1.82 bits per heavy atom. The van der Waals surface area contributed by atoms with Crippen molar-refractivity contribution < 1.29 is 17.6 Å². The van der Waals surface area contributed by atoms with E-state index in [1.54, 1.807) is 12.1 Å². The molecule has 1 saturated heterocycles. The van der Waals surface area contributed by atoms with Gasteiger partial charge in [-0.25, -0.2) is 4.39 Å². The third kappa shape index (κ3) is 8.91. The summed E-state index contributed by atoms with van der Waals surface area (Å²) in [5.74, 6) is 0.922. The van der Waals surface area contributed by atoms with E-state index in [1.807, 2.05) is 6.92 Å². The Kier molecular flexibility index (Phi) is 9.02. The van der Waals surface area contributed by atoms with E-state index >= 15 is 0 Å². The molecule has 0 radical (unpaired) electrons. The van der Waals surface area contributed by atoms with Gasteiger partial charge in [0.2, 0.25) is 0 Å². The van der Waals surface area contributed by atoms with E-state index in [2.05, 4.69) is 15.6 Å². The quantitative estimate of drug-likeness (QED) is 0.397. The Bertz CT molecular complexity index is 593. The van der Waals surface area contributed by atoms with Gasteiger partial charge in [-0.1, -0.05) is 12.1 Å². The van der Waals surface area contributed by atoms with E-state index in [0.717, 1.165) is 43.8 Å². The lowest BCUT2D eigenvalue weighted by atomic mass is 9.93. The first kappa shape index (κ1) is 22.5. The maximum Gasteiger partial charge on any atom is 0.401 e. The second-order valence-electron chi connectivity index (χ2n) is 7.19. The smallest absolute Gasteiger partial charge is 0.357 e. The predicted octanol–water partition coefficient (Wildman–Crippen LogP) is 3.59. The number of nitrogens with one attached hydrogen (secondary N) is 2. The van der Waals surface area contributed by atoms with Crippen LogP contribution in [-0.2, 0) is 6.42 Å². The second kappa shape index (κ2) is 11.2. The average Bonchev–Trinajstić information content (AvgIpc) is 2.63. The molecule has 1 aromatic carbocycles. The van der Waals surface area contributed by atoms with Crippen molar-refractivity contribution in [2.24, 2.45) is 10.9 Å². The van der Waals surface area contributed by atoms with Gasteiger partial charge in [0.1, 0.15) is 5.82 Å². The monoisotopic (exact) mass is 402 g/mol. The zero-order valence-electron chi connectivity index (χ0n) is 16.4. The Morgan fingerprint density at radius 1 is 1.14 bits per heavy atom. The third-order valence-electron chi connectivity index (χ3n) is 4.88. The van der Waals surface area contributed by atoms with Crippen molar-refractivity contribution in [3.05, 3.63) is 35.6 Å². The summed E-state index contributed by atoms with van der Waals surface area (Å²) in [4.78, 5) is 6.06. The Morgan fingerprint density at radius 3 is 2.43 bits per heavy atom. The summed E-state index contributed by atoms with van der Waals surface area (Å²) in [5, 5.41) is 6.46.